The molecule has 0 saturated carbocycles. The van der Waals surface area contributed by atoms with Crippen LogP contribution in [0.3, 0.4) is 0 Å². The number of nitrogens with two attached hydrogens (primary N) is 1. The summed E-state index contributed by atoms with van der Waals surface area (Å²) in [6.45, 7) is 0. The molecule has 5 heteroatoms. The van der Waals surface area contributed by atoms with Gasteiger partial charge in [-0.25, -0.2) is 8.42 Å². The summed E-state index contributed by atoms with van der Waals surface area (Å²) < 4.78 is 24.6. The minimum Gasteiger partial charge on any atom is -0.397 e. The average Bonchev–Trinajstić information content (AvgIpc) is 2.55. The van der Waals surface area contributed by atoms with Gasteiger partial charge in [0.2, 0.25) is 0 Å². The second-order valence-electron chi connectivity index (χ2n) is 5.00. The third kappa shape index (κ3) is 2.76. The number of nitrogens with one attached hydrogen (secondary N) is 1. The van der Waals surface area contributed by atoms with Gasteiger partial charge in [0.15, 0.2) is 9.84 Å². The Morgan fingerprint density at radius 2 is 1.55 bits per heavy atom. The molecular weight excluding hydrogens is 296 g/mol. The lowest BCUT2D eigenvalue weighted by atomic mass is 10.1. The first kappa shape index (κ1) is 14.4. The molecule has 0 fully saturated rings. The van der Waals surface area contributed by atoms with Gasteiger partial charge in [-0.05, 0) is 23.6 Å². The molecule has 3 aromatic rings. The summed E-state index contributed by atoms with van der Waals surface area (Å²) in [6, 6.07) is 19.8. The van der Waals surface area contributed by atoms with E-state index < -0.39 is 9.84 Å². The molecule has 0 amide bonds. The van der Waals surface area contributed by atoms with Crippen molar-refractivity contribution < 1.29 is 8.42 Å². The predicted octanol–water partition coefficient (Wildman–Crippen LogP) is 3.27. The molecule has 0 aromatic heterocycles. The number of hydrogen-bond donors (Lipinski definition) is 2. The van der Waals surface area contributed by atoms with E-state index >= 15 is 0 Å². The van der Waals surface area contributed by atoms with Crippen LogP contribution in [0, 0.1) is 0 Å². The van der Waals surface area contributed by atoms with Crippen molar-refractivity contribution in [2.24, 2.45) is 0 Å². The highest BCUT2D eigenvalue weighted by Gasteiger charge is 2.14. The molecule has 4 nitrogen and oxygen atoms in total. The first-order valence-corrected chi connectivity index (χ1v) is 8.52. The third-order valence-electron chi connectivity index (χ3n) is 3.53. The van der Waals surface area contributed by atoms with Crippen molar-refractivity contribution in [2.45, 2.75) is 4.90 Å². The molecule has 3 N–H and O–H groups in total. The molecule has 3 aromatic carbocycles. The summed E-state index contributed by atoms with van der Waals surface area (Å²) in [5.41, 5.74) is 7.31. The minimum atomic E-state index is -3.40. The number of rotatable bonds is 4. The van der Waals surface area contributed by atoms with Crippen molar-refractivity contribution in [1.82, 2.24) is 0 Å². The van der Waals surface area contributed by atoms with Gasteiger partial charge in [-0.1, -0.05) is 48.5 Å². The Kier molecular flexibility index (Phi) is 3.73. The maximum absolute atomic E-state index is 12.3. The number of fused-ring (bicyclic) bond motifs is 1. The number of anilines is 2. The summed E-state index contributed by atoms with van der Waals surface area (Å²) in [6.07, 6.45) is 0. The van der Waals surface area contributed by atoms with Crippen LogP contribution in [0.4, 0.5) is 11.4 Å². The van der Waals surface area contributed by atoms with Crippen molar-refractivity contribution >= 4 is 32.0 Å². The summed E-state index contributed by atoms with van der Waals surface area (Å²) in [5, 5.41) is 4.86. The van der Waals surface area contributed by atoms with Gasteiger partial charge in [0.05, 0.1) is 16.3 Å². The molecule has 22 heavy (non-hydrogen) atoms. The fourth-order valence-electron chi connectivity index (χ4n) is 2.33. The Morgan fingerprint density at radius 3 is 2.32 bits per heavy atom. The fourth-order valence-corrected chi connectivity index (χ4v) is 3.42. The van der Waals surface area contributed by atoms with E-state index in [4.69, 9.17) is 5.73 Å². The lowest BCUT2D eigenvalue weighted by Gasteiger charge is -2.12. The van der Waals surface area contributed by atoms with Crippen molar-refractivity contribution in [1.29, 1.82) is 0 Å². The van der Waals surface area contributed by atoms with Crippen LogP contribution in [0.2, 0.25) is 0 Å². The van der Waals surface area contributed by atoms with Crippen LogP contribution in [0.5, 0.6) is 0 Å². The first-order chi connectivity index (χ1) is 10.6. The molecule has 0 aliphatic heterocycles. The maximum Gasteiger partial charge on any atom is 0.196 e. The lowest BCUT2D eigenvalue weighted by Crippen LogP contribution is -2.15. The van der Waals surface area contributed by atoms with Gasteiger partial charge in [-0.3, -0.25) is 0 Å². The largest absolute Gasteiger partial charge is 0.397 e. The molecule has 0 heterocycles. The molecule has 0 aliphatic carbocycles. The fraction of sp³-hybridized carbons (Fsp3) is 0.0588. The highest BCUT2D eigenvalue weighted by atomic mass is 32.2. The highest BCUT2D eigenvalue weighted by Crippen LogP contribution is 2.28. The van der Waals surface area contributed by atoms with E-state index in [9.17, 15) is 8.42 Å². The Labute approximate surface area is 129 Å². The standard InChI is InChI=1S/C17H16N2O2S/c18-17-15-9-5-4-6-13(15)10-11-16(17)19-12-22(20,21)14-7-2-1-3-8-14/h1-11,19H,12,18H2. The average molecular weight is 312 g/mol. The summed E-state index contributed by atoms with van der Waals surface area (Å²) >= 11 is 0. The van der Waals surface area contributed by atoms with Crippen LogP contribution in [-0.4, -0.2) is 14.3 Å². The van der Waals surface area contributed by atoms with Crippen molar-refractivity contribution in [3.05, 3.63) is 66.7 Å². The van der Waals surface area contributed by atoms with Gasteiger partial charge in [-0.15, -0.1) is 0 Å². The van der Waals surface area contributed by atoms with Crippen molar-refractivity contribution in [2.75, 3.05) is 16.9 Å². The van der Waals surface area contributed by atoms with E-state index in [1.807, 2.05) is 30.3 Å². The van der Waals surface area contributed by atoms with Gasteiger partial charge in [0.25, 0.3) is 0 Å². The molecule has 112 valence electrons. The van der Waals surface area contributed by atoms with Crippen molar-refractivity contribution in [3.63, 3.8) is 0 Å². The number of hydrogen-bond acceptors (Lipinski definition) is 4. The summed E-state index contributed by atoms with van der Waals surface area (Å²) in [5.74, 6) is -0.195. The molecule has 3 rings (SSSR count). The van der Waals surface area contributed by atoms with Crippen LogP contribution < -0.4 is 11.1 Å². The van der Waals surface area contributed by atoms with Gasteiger partial charge in [0.1, 0.15) is 5.88 Å². The molecule has 0 aliphatic rings. The molecular formula is C17H16N2O2S. The predicted molar refractivity (Wildman–Crippen MR) is 90.5 cm³/mol. The second-order valence-corrected chi connectivity index (χ2v) is 6.99. The van der Waals surface area contributed by atoms with Crippen LogP contribution >= 0.6 is 0 Å². The van der Waals surface area contributed by atoms with Gasteiger partial charge in [-0.2, -0.15) is 0 Å². The van der Waals surface area contributed by atoms with E-state index in [0.29, 0.717) is 16.3 Å². The molecule has 0 bridgehead atoms. The van der Waals surface area contributed by atoms with Crippen molar-refractivity contribution in [3.8, 4) is 0 Å². The van der Waals surface area contributed by atoms with Crippen LogP contribution in [0.1, 0.15) is 0 Å². The highest BCUT2D eigenvalue weighted by molar-refractivity contribution is 7.91. The first-order valence-electron chi connectivity index (χ1n) is 6.87. The smallest absolute Gasteiger partial charge is 0.196 e. The monoisotopic (exact) mass is 312 g/mol. The Balaban J connectivity index is 1.87. The van der Waals surface area contributed by atoms with E-state index in [1.165, 1.54) is 0 Å². The quantitative estimate of drug-likeness (QED) is 0.725. The van der Waals surface area contributed by atoms with E-state index in [2.05, 4.69) is 5.32 Å². The minimum absolute atomic E-state index is 0.195. The number of sulfone groups is 1. The van der Waals surface area contributed by atoms with Crippen LogP contribution in [-0.2, 0) is 9.84 Å². The van der Waals surface area contributed by atoms with E-state index in [1.54, 1.807) is 36.4 Å². The zero-order valence-corrected chi connectivity index (χ0v) is 12.7. The van der Waals surface area contributed by atoms with Gasteiger partial charge < -0.3 is 11.1 Å². The second kappa shape index (κ2) is 5.69. The summed E-state index contributed by atoms with van der Waals surface area (Å²) in [7, 11) is -3.40. The Hall–Kier alpha value is -2.53. The van der Waals surface area contributed by atoms with Gasteiger partial charge >= 0.3 is 0 Å². The molecule has 0 unspecified atom stereocenters. The number of benzene rings is 3. The Bertz CT molecular complexity index is 906. The molecule has 0 atom stereocenters. The normalized spacial score (nSPS) is 11.5. The summed E-state index contributed by atoms with van der Waals surface area (Å²) in [4.78, 5) is 0.293. The third-order valence-corrected chi connectivity index (χ3v) is 5.04. The zero-order valence-electron chi connectivity index (χ0n) is 11.9. The van der Waals surface area contributed by atoms with E-state index in [-0.39, 0.29) is 5.88 Å². The SMILES string of the molecule is Nc1c(NCS(=O)(=O)c2ccccc2)ccc2ccccc12. The van der Waals surface area contributed by atoms with E-state index in [0.717, 1.165) is 10.8 Å². The molecule has 0 radical (unpaired) electrons. The van der Waals surface area contributed by atoms with Gasteiger partial charge in [0, 0.05) is 5.39 Å². The van der Waals surface area contributed by atoms with Crippen LogP contribution in [0.15, 0.2) is 71.6 Å². The molecule has 0 saturated heterocycles. The topological polar surface area (TPSA) is 72.2 Å². The Morgan fingerprint density at radius 1 is 0.864 bits per heavy atom. The molecule has 0 spiro atoms. The van der Waals surface area contributed by atoms with Crippen LogP contribution in [0.25, 0.3) is 10.8 Å². The lowest BCUT2D eigenvalue weighted by molar-refractivity contribution is 0.598. The maximum atomic E-state index is 12.3. The number of nitrogen functional groups attached to an aromatic ring is 1. The zero-order chi connectivity index (χ0) is 15.6.